The van der Waals surface area contributed by atoms with Crippen LogP contribution in [0.5, 0.6) is 0 Å². The minimum absolute atomic E-state index is 0.129. The van der Waals surface area contributed by atoms with Crippen molar-refractivity contribution in [2.24, 2.45) is 5.73 Å². The highest BCUT2D eigenvalue weighted by Gasteiger charge is 2.30. The maximum Gasteiger partial charge on any atom is 0.376 e. The Morgan fingerprint density at radius 1 is 1.48 bits per heavy atom. The van der Waals surface area contributed by atoms with Gasteiger partial charge in [-0.3, -0.25) is 4.79 Å². The Bertz CT molecular complexity index is 614. The molecule has 1 aliphatic carbocycles. The van der Waals surface area contributed by atoms with Crippen molar-refractivity contribution in [3.63, 3.8) is 0 Å². The number of nitrogens with zero attached hydrogens (tertiary/aromatic N) is 1. The van der Waals surface area contributed by atoms with Gasteiger partial charge in [-0.25, -0.2) is 13.3 Å². The average Bonchev–Trinajstić information content (AvgIpc) is 3.40. The molecular formula is C15H23N3O5S2. The van der Waals surface area contributed by atoms with Crippen LogP contribution in [0.2, 0.25) is 0 Å². The van der Waals surface area contributed by atoms with Gasteiger partial charge in [-0.15, -0.1) is 0 Å². The highest BCUT2D eigenvalue weighted by atomic mass is 32.2. The summed E-state index contributed by atoms with van der Waals surface area (Å²) in [5.41, 5.74) is 5.02. The number of nitrogens with two attached hydrogens (primary N) is 1. The van der Waals surface area contributed by atoms with E-state index in [-0.39, 0.29) is 18.1 Å². The van der Waals surface area contributed by atoms with E-state index in [1.54, 1.807) is 23.7 Å². The van der Waals surface area contributed by atoms with Crippen LogP contribution in [0.25, 0.3) is 0 Å². The zero-order valence-electron chi connectivity index (χ0n) is 14.4. The van der Waals surface area contributed by atoms with Crippen LogP contribution in [-0.4, -0.2) is 47.2 Å². The number of hydrogen-bond acceptors (Lipinski definition) is 7. The molecule has 0 spiro atoms. The van der Waals surface area contributed by atoms with E-state index in [0.717, 1.165) is 24.6 Å². The maximum atomic E-state index is 12.2. The number of thioether (sulfide) groups is 1. The molecule has 0 aromatic rings. The number of hydrogen-bond donors (Lipinski definition) is 2. The molecular weight excluding hydrogens is 366 g/mol. The van der Waals surface area contributed by atoms with Gasteiger partial charge in [0, 0.05) is 19.3 Å². The normalized spacial score (nSPS) is 16.3. The van der Waals surface area contributed by atoms with Crippen molar-refractivity contribution in [3.05, 3.63) is 33.9 Å². The van der Waals surface area contributed by atoms with Crippen molar-refractivity contribution in [1.29, 1.82) is 0 Å². The molecule has 0 aromatic heterocycles. The van der Waals surface area contributed by atoms with Gasteiger partial charge >= 0.3 is 5.97 Å². The third-order valence-corrected chi connectivity index (χ3v) is 5.61. The van der Waals surface area contributed by atoms with Gasteiger partial charge in [0.05, 0.1) is 18.0 Å². The molecule has 0 aliphatic heterocycles. The van der Waals surface area contributed by atoms with Crippen LogP contribution in [-0.2, 0) is 30.0 Å². The first kappa shape index (κ1) is 21.3. The van der Waals surface area contributed by atoms with Gasteiger partial charge in [0.1, 0.15) is 11.0 Å². The van der Waals surface area contributed by atoms with Crippen LogP contribution in [0.3, 0.4) is 0 Å². The molecule has 3 N–H and O–H groups in total. The van der Waals surface area contributed by atoms with Gasteiger partial charge in [-0.2, -0.15) is 0 Å². The SMILES string of the molecule is C=C(S/C=C/N/C(C(N)=O)=C(/OC)C(=O)OCC)S(=O)N(C)C1CC1. The summed E-state index contributed by atoms with van der Waals surface area (Å²) in [6, 6.07) is 0.346. The van der Waals surface area contributed by atoms with Crippen LogP contribution >= 0.6 is 11.8 Å². The molecule has 25 heavy (non-hydrogen) atoms. The van der Waals surface area contributed by atoms with Gasteiger partial charge in [-0.1, -0.05) is 18.3 Å². The molecule has 1 aliphatic rings. The predicted octanol–water partition coefficient (Wildman–Crippen LogP) is 0.916. The summed E-state index contributed by atoms with van der Waals surface area (Å²) in [7, 11) is 1.72. The Hall–Kier alpha value is -1.78. The lowest BCUT2D eigenvalue weighted by molar-refractivity contribution is -0.142. The molecule has 0 saturated heterocycles. The standard InChI is InChI=1S/C15H23N3O5S2/c1-5-23-15(20)13(22-4)12(14(16)19)17-8-9-24-10(2)25(21)18(3)11-6-7-11/h8-9,11,17H,2,5-7H2,1,3-4H3,(H2,16,19)/b9-8+,13-12+. The summed E-state index contributed by atoms with van der Waals surface area (Å²) in [5, 5.41) is 4.14. The highest BCUT2D eigenvalue weighted by Crippen LogP contribution is 2.30. The molecule has 0 radical (unpaired) electrons. The number of carbonyl (C=O) groups excluding carboxylic acids is 2. The molecule has 0 heterocycles. The molecule has 1 amide bonds. The number of nitrogens with one attached hydrogen (secondary N) is 1. The third kappa shape index (κ3) is 6.56. The van der Waals surface area contributed by atoms with Crippen molar-refractivity contribution >= 4 is 34.6 Å². The zero-order chi connectivity index (χ0) is 19.0. The van der Waals surface area contributed by atoms with Gasteiger partial charge in [0.25, 0.3) is 5.91 Å². The molecule has 1 unspecified atom stereocenters. The first-order valence-electron chi connectivity index (χ1n) is 7.50. The van der Waals surface area contributed by atoms with E-state index < -0.39 is 22.9 Å². The summed E-state index contributed by atoms with van der Waals surface area (Å²) >= 11 is 1.14. The van der Waals surface area contributed by atoms with Gasteiger partial charge < -0.3 is 20.5 Å². The first-order valence-corrected chi connectivity index (χ1v) is 9.49. The van der Waals surface area contributed by atoms with Crippen molar-refractivity contribution in [2.45, 2.75) is 25.8 Å². The fourth-order valence-corrected chi connectivity index (χ4v) is 3.67. The second-order valence-corrected chi connectivity index (χ2v) is 7.78. The molecule has 1 rings (SSSR count). The van der Waals surface area contributed by atoms with E-state index in [1.165, 1.54) is 13.3 Å². The van der Waals surface area contributed by atoms with E-state index in [4.69, 9.17) is 15.2 Å². The Kier molecular flexibility index (Phi) is 8.73. The molecule has 140 valence electrons. The number of amides is 1. The van der Waals surface area contributed by atoms with Crippen molar-refractivity contribution < 1.29 is 23.3 Å². The minimum Gasteiger partial charge on any atom is -0.488 e. The molecule has 10 heteroatoms. The summed E-state index contributed by atoms with van der Waals surface area (Å²) in [5.74, 6) is -2.00. The summed E-state index contributed by atoms with van der Waals surface area (Å²) in [6.07, 6.45) is 3.46. The number of methoxy groups -OCH3 is 1. The van der Waals surface area contributed by atoms with E-state index in [2.05, 4.69) is 11.9 Å². The quantitative estimate of drug-likeness (QED) is 0.307. The lowest BCUT2D eigenvalue weighted by Gasteiger charge is -2.14. The Balaban J connectivity index is 2.68. The molecule has 1 saturated carbocycles. The van der Waals surface area contributed by atoms with Crippen molar-refractivity contribution in [1.82, 2.24) is 9.62 Å². The summed E-state index contributed by atoms with van der Waals surface area (Å²) in [4.78, 5) is 23.3. The maximum absolute atomic E-state index is 12.2. The smallest absolute Gasteiger partial charge is 0.376 e. The molecule has 8 nitrogen and oxygen atoms in total. The minimum atomic E-state index is -1.30. The summed E-state index contributed by atoms with van der Waals surface area (Å²) < 4.78 is 24.1. The van der Waals surface area contributed by atoms with Crippen molar-refractivity contribution in [2.75, 3.05) is 20.8 Å². The Labute approximate surface area is 154 Å². The largest absolute Gasteiger partial charge is 0.488 e. The molecule has 1 fully saturated rings. The second kappa shape index (κ2) is 10.3. The van der Waals surface area contributed by atoms with E-state index in [9.17, 15) is 13.8 Å². The topological polar surface area (TPSA) is 111 Å². The molecule has 1 atom stereocenters. The second-order valence-electron chi connectivity index (χ2n) is 4.96. The molecule has 0 bridgehead atoms. The zero-order valence-corrected chi connectivity index (χ0v) is 16.1. The van der Waals surface area contributed by atoms with Crippen LogP contribution in [0, 0.1) is 0 Å². The number of primary amides is 1. The van der Waals surface area contributed by atoms with Gasteiger partial charge in [-0.05, 0) is 25.2 Å². The molecule has 0 aromatic carbocycles. The van der Waals surface area contributed by atoms with Crippen molar-refractivity contribution in [3.8, 4) is 0 Å². The Morgan fingerprint density at radius 2 is 2.12 bits per heavy atom. The lowest BCUT2D eigenvalue weighted by Crippen LogP contribution is -2.28. The monoisotopic (exact) mass is 389 g/mol. The van der Waals surface area contributed by atoms with Crippen LogP contribution in [0.15, 0.2) is 33.9 Å². The number of esters is 1. The fraction of sp³-hybridized carbons (Fsp3) is 0.467. The van der Waals surface area contributed by atoms with Gasteiger partial charge in [0.15, 0.2) is 5.70 Å². The average molecular weight is 389 g/mol. The summed E-state index contributed by atoms with van der Waals surface area (Å²) in [6.45, 7) is 5.54. The number of ether oxygens (including phenoxy) is 2. The number of rotatable bonds is 11. The van der Waals surface area contributed by atoms with Crippen LogP contribution < -0.4 is 11.1 Å². The van der Waals surface area contributed by atoms with Crippen LogP contribution in [0.1, 0.15) is 19.8 Å². The third-order valence-electron chi connectivity index (χ3n) is 3.15. The first-order chi connectivity index (χ1) is 11.8. The van der Waals surface area contributed by atoms with Gasteiger partial charge in [0.2, 0.25) is 5.76 Å². The number of carbonyl (C=O) groups is 2. The van der Waals surface area contributed by atoms with Crippen LogP contribution in [0.4, 0.5) is 0 Å². The predicted molar refractivity (Wildman–Crippen MR) is 97.8 cm³/mol. The van der Waals surface area contributed by atoms with E-state index >= 15 is 0 Å². The Morgan fingerprint density at radius 3 is 2.60 bits per heavy atom. The fourth-order valence-electron chi connectivity index (χ4n) is 1.74. The lowest BCUT2D eigenvalue weighted by atomic mass is 10.3. The van der Waals surface area contributed by atoms with E-state index in [0.29, 0.717) is 10.3 Å². The van der Waals surface area contributed by atoms with E-state index in [1.807, 2.05) is 0 Å². The highest BCUT2D eigenvalue weighted by molar-refractivity contribution is 8.17.